The molecule has 1 aliphatic heterocycles. The number of nitro benzene ring substituents is 1. The first-order chi connectivity index (χ1) is 12.2. The van der Waals surface area contributed by atoms with Gasteiger partial charge in [-0.2, -0.15) is 0 Å². The summed E-state index contributed by atoms with van der Waals surface area (Å²) in [5.41, 5.74) is 1.04. The van der Waals surface area contributed by atoms with Crippen LogP contribution in [0, 0.1) is 10.1 Å². The predicted molar refractivity (Wildman–Crippen MR) is 93.2 cm³/mol. The van der Waals surface area contributed by atoms with Crippen molar-refractivity contribution in [2.45, 2.75) is 6.10 Å². The van der Waals surface area contributed by atoms with Crippen LogP contribution in [0.15, 0.2) is 54.7 Å². The van der Waals surface area contributed by atoms with Crippen molar-refractivity contribution in [1.29, 1.82) is 0 Å². The van der Waals surface area contributed by atoms with E-state index >= 15 is 0 Å². The van der Waals surface area contributed by atoms with Gasteiger partial charge in [-0.25, -0.2) is 0 Å². The van der Waals surface area contributed by atoms with Crippen LogP contribution in [0.5, 0.6) is 11.5 Å². The summed E-state index contributed by atoms with van der Waals surface area (Å²) in [5, 5.41) is 15.1. The molecule has 0 fully saturated rings. The van der Waals surface area contributed by atoms with Crippen molar-refractivity contribution >= 4 is 22.3 Å². The average molecular weight is 337 g/mol. The van der Waals surface area contributed by atoms with E-state index in [0.717, 1.165) is 0 Å². The minimum Gasteiger partial charge on any atom is -0.486 e. The highest BCUT2D eigenvalue weighted by molar-refractivity contribution is 5.94. The number of nitro groups is 1. The molecule has 0 saturated heterocycles. The third-order valence-electron chi connectivity index (χ3n) is 4.03. The number of pyridine rings is 1. The maximum Gasteiger partial charge on any atom is 0.301 e. The molecule has 0 saturated carbocycles. The standard InChI is InChI=1S/C18H15N3O4/c22-21(23)18-13-4-3-9-19-14(13)7-8-15(18)20-10-12-11-24-16-5-1-2-6-17(16)25-12/h1-9,12,20H,10-11H2. The number of nitrogens with one attached hydrogen (secondary N) is 1. The van der Waals surface area contributed by atoms with Crippen LogP contribution in [0.25, 0.3) is 10.9 Å². The van der Waals surface area contributed by atoms with Crippen molar-refractivity contribution in [2.24, 2.45) is 0 Å². The summed E-state index contributed by atoms with van der Waals surface area (Å²) in [4.78, 5) is 15.3. The monoisotopic (exact) mass is 337 g/mol. The quantitative estimate of drug-likeness (QED) is 0.580. The Hall–Kier alpha value is -3.35. The van der Waals surface area contributed by atoms with Gasteiger partial charge in [0.1, 0.15) is 18.4 Å². The Labute approximate surface area is 143 Å². The summed E-state index contributed by atoms with van der Waals surface area (Å²) in [6.07, 6.45) is 1.38. The van der Waals surface area contributed by atoms with Crippen LogP contribution < -0.4 is 14.8 Å². The second kappa shape index (κ2) is 6.27. The second-order valence-electron chi connectivity index (χ2n) is 5.67. The molecule has 2 aromatic carbocycles. The average Bonchev–Trinajstić information content (AvgIpc) is 2.65. The van der Waals surface area contributed by atoms with Crippen molar-refractivity contribution in [2.75, 3.05) is 18.5 Å². The van der Waals surface area contributed by atoms with Gasteiger partial charge >= 0.3 is 5.69 Å². The lowest BCUT2D eigenvalue weighted by Crippen LogP contribution is -2.35. The summed E-state index contributed by atoms with van der Waals surface area (Å²) >= 11 is 0. The van der Waals surface area contributed by atoms with E-state index in [1.165, 1.54) is 0 Å². The molecule has 0 amide bonds. The number of hydrogen-bond donors (Lipinski definition) is 1. The molecule has 2 heterocycles. The minimum absolute atomic E-state index is 0.0164. The van der Waals surface area contributed by atoms with Gasteiger partial charge < -0.3 is 14.8 Å². The minimum atomic E-state index is -0.389. The van der Waals surface area contributed by atoms with Gasteiger partial charge in [0.05, 0.1) is 22.4 Å². The summed E-state index contributed by atoms with van der Waals surface area (Å²) in [5.74, 6) is 1.39. The van der Waals surface area contributed by atoms with E-state index in [1.54, 1.807) is 30.5 Å². The second-order valence-corrected chi connectivity index (χ2v) is 5.67. The van der Waals surface area contributed by atoms with Crippen molar-refractivity contribution < 1.29 is 14.4 Å². The normalized spacial score (nSPS) is 15.8. The number of benzene rings is 2. The van der Waals surface area contributed by atoms with E-state index in [-0.39, 0.29) is 16.7 Å². The molecule has 0 spiro atoms. The molecule has 0 aliphatic carbocycles. The number of ether oxygens (including phenoxy) is 2. The Morgan fingerprint density at radius 2 is 2.00 bits per heavy atom. The number of para-hydroxylation sites is 2. The first-order valence-corrected chi connectivity index (χ1v) is 7.87. The third-order valence-corrected chi connectivity index (χ3v) is 4.03. The molecule has 1 atom stereocenters. The van der Waals surface area contributed by atoms with Gasteiger partial charge in [-0.15, -0.1) is 0 Å². The van der Waals surface area contributed by atoms with Gasteiger partial charge in [0.15, 0.2) is 11.5 Å². The SMILES string of the molecule is O=[N+]([O-])c1c(NCC2COc3ccccc3O2)ccc2ncccc12. The molecule has 126 valence electrons. The first-order valence-electron chi connectivity index (χ1n) is 7.87. The van der Waals surface area contributed by atoms with Crippen LogP contribution in [-0.4, -0.2) is 29.2 Å². The summed E-state index contributed by atoms with van der Waals surface area (Å²) in [6.45, 7) is 0.772. The fraction of sp³-hybridized carbons (Fsp3) is 0.167. The lowest BCUT2D eigenvalue weighted by molar-refractivity contribution is -0.382. The number of rotatable bonds is 4. The molecule has 1 unspecified atom stereocenters. The predicted octanol–water partition coefficient (Wildman–Crippen LogP) is 3.39. The van der Waals surface area contributed by atoms with E-state index in [1.807, 2.05) is 24.3 Å². The topological polar surface area (TPSA) is 86.5 Å². The summed E-state index contributed by atoms with van der Waals surface area (Å²) < 4.78 is 11.5. The maximum atomic E-state index is 11.5. The van der Waals surface area contributed by atoms with E-state index in [0.29, 0.717) is 41.2 Å². The molecular formula is C18H15N3O4. The zero-order chi connectivity index (χ0) is 17.2. The zero-order valence-electron chi connectivity index (χ0n) is 13.2. The van der Waals surface area contributed by atoms with E-state index < -0.39 is 0 Å². The highest BCUT2D eigenvalue weighted by Crippen LogP contribution is 2.34. The largest absolute Gasteiger partial charge is 0.486 e. The lowest BCUT2D eigenvalue weighted by atomic mass is 10.1. The molecule has 1 aromatic heterocycles. The van der Waals surface area contributed by atoms with Crippen molar-refractivity contribution in [3.63, 3.8) is 0 Å². The zero-order valence-corrected chi connectivity index (χ0v) is 13.2. The van der Waals surface area contributed by atoms with E-state index in [9.17, 15) is 10.1 Å². The van der Waals surface area contributed by atoms with Crippen LogP contribution in [-0.2, 0) is 0 Å². The lowest BCUT2D eigenvalue weighted by Gasteiger charge is -2.26. The van der Waals surface area contributed by atoms with Gasteiger partial charge in [-0.1, -0.05) is 12.1 Å². The Balaban J connectivity index is 1.56. The van der Waals surface area contributed by atoms with Gasteiger partial charge in [0.2, 0.25) is 0 Å². The number of aromatic nitrogens is 1. The Kier molecular flexibility index (Phi) is 3.81. The summed E-state index contributed by atoms with van der Waals surface area (Å²) in [6, 6.07) is 14.3. The highest BCUT2D eigenvalue weighted by Gasteiger charge is 2.23. The smallest absolute Gasteiger partial charge is 0.301 e. The van der Waals surface area contributed by atoms with Crippen molar-refractivity contribution in [1.82, 2.24) is 4.98 Å². The molecule has 4 rings (SSSR count). The maximum absolute atomic E-state index is 11.5. The summed E-state index contributed by atoms with van der Waals surface area (Å²) in [7, 11) is 0. The van der Waals surface area contributed by atoms with E-state index in [4.69, 9.17) is 9.47 Å². The molecule has 0 bridgehead atoms. The molecule has 7 heteroatoms. The fourth-order valence-corrected chi connectivity index (χ4v) is 2.86. The van der Waals surface area contributed by atoms with Gasteiger partial charge in [0, 0.05) is 6.20 Å². The number of anilines is 1. The van der Waals surface area contributed by atoms with Crippen molar-refractivity contribution in [3.8, 4) is 11.5 Å². The molecular weight excluding hydrogens is 322 g/mol. The van der Waals surface area contributed by atoms with Crippen molar-refractivity contribution in [3.05, 3.63) is 64.8 Å². The first kappa shape index (κ1) is 15.2. The third kappa shape index (κ3) is 2.91. The Morgan fingerprint density at radius 3 is 2.84 bits per heavy atom. The Bertz CT molecular complexity index is 945. The Morgan fingerprint density at radius 1 is 1.16 bits per heavy atom. The number of nitrogens with zero attached hydrogens (tertiary/aromatic N) is 2. The van der Waals surface area contributed by atoms with Crippen LogP contribution >= 0.6 is 0 Å². The van der Waals surface area contributed by atoms with Crippen LogP contribution in [0.4, 0.5) is 11.4 Å². The van der Waals surface area contributed by atoms with Gasteiger partial charge in [0.25, 0.3) is 0 Å². The highest BCUT2D eigenvalue weighted by atomic mass is 16.6. The number of fused-ring (bicyclic) bond motifs is 2. The van der Waals surface area contributed by atoms with Crippen LogP contribution in [0.2, 0.25) is 0 Å². The number of hydrogen-bond acceptors (Lipinski definition) is 6. The van der Waals surface area contributed by atoms with Crippen LogP contribution in [0.1, 0.15) is 0 Å². The molecule has 3 aromatic rings. The molecule has 0 radical (unpaired) electrons. The van der Waals surface area contributed by atoms with Gasteiger partial charge in [-0.3, -0.25) is 15.1 Å². The molecule has 7 nitrogen and oxygen atoms in total. The molecule has 25 heavy (non-hydrogen) atoms. The fourth-order valence-electron chi connectivity index (χ4n) is 2.86. The van der Waals surface area contributed by atoms with Gasteiger partial charge in [-0.05, 0) is 36.4 Å². The molecule has 1 N–H and O–H groups in total. The van der Waals surface area contributed by atoms with Crippen LogP contribution in [0.3, 0.4) is 0 Å². The van der Waals surface area contributed by atoms with E-state index in [2.05, 4.69) is 10.3 Å². The molecule has 1 aliphatic rings.